The van der Waals surface area contributed by atoms with Crippen LogP contribution in [0, 0.1) is 5.82 Å². The third-order valence-corrected chi connectivity index (χ3v) is 5.34. The SMILES string of the molecule is CC(c1ccccc1)N(Cc1ccccc1)C(CC(C)(C)O)c1ccccc1F. The highest BCUT2D eigenvalue weighted by atomic mass is 19.1. The molecule has 0 aliphatic carbocycles. The first-order valence-electron chi connectivity index (χ1n) is 10.2. The summed E-state index contributed by atoms with van der Waals surface area (Å²) in [5.74, 6) is -0.236. The first-order chi connectivity index (χ1) is 13.8. The van der Waals surface area contributed by atoms with Crippen molar-refractivity contribution in [3.05, 3.63) is 107 Å². The van der Waals surface area contributed by atoms with E-state index >= 15 is 0 Å². The zero-order chi connectivity index (χ0) is 20.9. The Hall–Kier alpha value is -2.49. The van der Waals surface area contributed by atoms with E-state index in [9.17, 15) is 9.50 Å². The minimum absolute atomic E-state index is 0.0448. The fourth-order valence-electron chi connectivity index (χ4n) is 3.86. The van der Waals surface area contributed by atoms with Gasteiger partial charge < -0.3 is 5.11 Å². The third-order valence-electron chi connectivity index (χ3n) is 5.34. The fourth-order valence-corrected chi connectivity index (χ4v) is 3.86. The molecule has 0 heterocycles. The Labute approximate surface area is 173 Å². The van der Waals surface area contributed by atoms with E-state index in [-0.39, 0.29) is 17.9 Å². The second kappa shape index (κ2) is 9.34. The second-order valence-corrected chi connectivity index (χ2v) is 8.30. The number of rotatable bonds is 8. The lowest BCUT2D eigenvalue weighted by Crippen LogP contribution is -2.36. The molecule has 3 heteroatoms. The molecule has 3 aromatic carbocycles. The normalized spacial score (nSPS) is 14.0. The van der Waals surface area contributed by atoms with Crippen LogP contribution >= 0.6 is 0 Å². The van der Waals surface area contributed by atoms with Gasteiger partial charge in [0.05, 0.1) is 5.60 Å². The van der Waals surface area contributed by atoms with E-state index in [1.807, 2.05) is 48.5 Å². The molecule has 0 aromatic heterocycles. The Morgan fingerprint density at radius 1 is 0.862 bits per heavy atom. The van der Waals surface area contributed by atoms with Crippen LogP contribution in [0.4, 0.5) is 4.39 Å². The molecule has 2 atom stereocenters. The van der Waals surface area contributed by atoms with E-state index in [2.05, 4.69) is 36.1 Å². The van der Waals surface area contributed by atoms with Gasteiger partial charge in [0.2, 0.25) is 0 Å². The average Bonchev–Trinajstić information content (AvgIpc) is 2.71. The summed E-state index contributed by atoms with van der Waals surface area (Å²) in [6.07, 6.45) is 0.429. The molecule has 29 heavy (non-hydrogen) atoms. The van der Waals surface area contributed by atoms with Crippen LogP contribution in [0.3, 0.4) is 0 Å². The van der Waals surface area contributed by atoms with Crippen LogP contribution in [0.1, 0.15) is 56.0 Å². The molecule has 0 spiro atoms. The summed E-state index contributed by atoms with van der Waals surface area (Å²) < 4.78 is 14.9. The first kappa shape index (κ1) is 21.2. The molecule has 3 rings (SSSR count). The van der Waals surface area contributed by atoms with E-state index in [4.69, 9.17) is 0 Å². The standard InChI is InChI=1S/C26H30FNO/c1-20(22-14-8-5-9-15-22)28(19-21-12-6-4-7-13-21)25(18-26(2,3)29)23-16-10-11-17-24(23)27/h4-17,20,25,29H,18-19H2,1-3H3. The zero-order valence-electron chi connectivity index (χ0n) is 17.4. The van der Waals surface area contributed by atoms with Gasteiger partial charge >= 0.3 is 0 Å². The molecule has 0 aliphatic rings. The van der Waals surface area contributed by atoms with Gasteiger partial charge in [-0.2, -0.15) is 0 Å². The minimum atomic E-state index is -0.932. The van der Waals surface area contributed by atoms with Crippen LogP contribution < -0.4 is 0 Å². The number of benzene rings is 3. The van der Waals surface area contributed by atoms with Gasteiger partial charge in [-0.1, -0.05) is 78.9 Å². The molecule has 3 aromatic rings. The number of hydrogen-bond acceptors (Lipinski definition) is 2. The predicted molar refractivity (Wildman–Crippen MR) is 117 cm³/mol. The summed E-state index contributed by atoms with van der Waals surface area (Å²) in [6, 6.07) is 27.2. The van der Waals surface area contributed by atoms with Crippen molar-refractivity contribution in [3.63, 3.8) is 0 Å². The maximum Gasteiger partial charge on any atom is 0.127 e. The number of halogens is 1. The molecule has 152 valence electrons. The predicted octanol–water partition coefficient (Wildman–Crippen LogP) is 6.29. The highest BCUT2D eigenvalue weighted by Gasteiger charge is 2.32. The highest BCUT2D eigenvalue weighted by molar-refractivity contribution is 5.25. The van der Waals surface area contributed by atoms with Crippen molar-refractivity contribution in [2.24, 2.45) is 0 Å². The fraction of sp³-hybridized carbons (Fsp3) is 0.308. The largest absolute Gasteiger partial charge is 0.390 e. The number of nitrogens with zero attached hydrogens (tertiary/aromatic N) is 1. The molecule has 2 unspecified atom stereocenters. The average molecular weight is 392 g/mol. The van der Waals surface area contributed by atoms with Crippen LogP contribution in [0.25, 0.3) is 0 Å². The molecule has 1 N–H and O–H groups in total. The molecule has 2 nitrogen and oxygen atoms in total. The summed E-state index contributed by atoms with van der Waals surface area (Å²) in [5, 5.41) is 10.7. The van der Waals surface area contributed by atoms with Crippen molar-refractivity contribution in [1.29, 1.82) is 0 Å². The molecular formula is C26H30FNO. The topological polar surface area (TPSA) is 23.5 Å². The van der Waals surface area contributed by atoms with Gasteiger partial charge in [-0.05, 0) is 44.4 Å². The Balaban J connectivity index is 2.07. The third kappa shape index (κ3) is 5.75. The van der Waals surface area contributed by atoms with E-state index in [1.165, 1.54) is 11.6 Å². The summed E-state index contributed by atoms with van der Waals surface area (Å²) in [4.78, 5) is 2.29. The summed E-state index contributed by atoms with van der Waals surface area (Å²) in [5.41, 5.74) is 2.01. The van der Waals surface area contributed by atoms with E-state index in [0.29, 0.717) is 18.5 Å². The monoisotopic (exact) mass is 391 g/mol. The Kier molecular flexibility index (Phi) is 6.83. The molecule has 0 saturated carbocycles. The van der Waals surface area contributed by atoms with Crippen molar-refractivity contribution >= 4 is 0 Å². The van der Waals surface area contributed by atoms with Crippen molar-refractivity contribution in [1.82, 2.24) is 4.90 Å². The van der Waals surface area contributed by atoms with Gasteiger partial charge in [0.25, 0.3) is 0 Å². The van der Waals surface area contributed by atoms with Crippen molar-refractivity contribution in [3.8, 4) is 0 Å². The van der Waals surface area contributed by atoms with Gasteiger partial charge in [0.1, 0.15) is 5.82 Å². The Bertz CT molecular complexity index is 889. The summed E-state index contributed by atoms with van der Waals surface area (Å²) in [7, 11) is 0. The number of hydrogen-bond donors (Lipinski definition) is 1. The lowest BCUT2D eigenvalue weighted by atomic mass is 9.90. The maximum atomic E-state index is 14.9. The van der Waals surface area contributed by atoms with Gasteiger partial charge in [-0.25, -0.2) is 4.39 Å². The molecule has 0 saturated heterocycles. The van der Waals surface area contributed by atoms with Crippen LogP contribution in [0.2, 0.25) is 0 Å². The molecule has 0 aliphatic heterocycles. The molecular weight excluding hydrogens is 361 g/mol. The summed E-state index contributed by atoms with van der Waals surface area (Å²) >= 11 is 0. The number of aliphatic hydroxyl groups is 1. The molecule has 0 radical (unpaired) electrons. The van der Waals surface area contributed by atoms with Gasteiger partial charge in [0, 0.05) is 24.2 Å². The minimum Gasteiger partial charge on any atom is -0.390 e. The van der Waals surface area contributed by atoms with Crippen molar-refractivity contribution in [2.75, 3.05) is 0 Å². The van der Waals surface area contributed by atoms with Gasteiger partial charge in [0.15, 0.2) is 0 Å². The van der Waals surface area contributed by atoms with E-state index in [0.717, 1.165) is 5.56 Å². The van der Waals surface area contributed by atoms with Gasteiger partial charge in [-0.3, -0.25) is 4.90 Å². The van der Waals surface area contributed by atoms with Crippen LogP contribution in [-0.4, -0.2) is 15.6 Å². The van der Waals surface area contributed by atoms with E-state index in [1.54, 1.807) is 19.9 Å². The maximum absolute atomic E-state index is 14.9. The molecule has 0 bridgehead atoms. The van der Waals surface area contributed by atoms with Gasteiger partial charge in [-0.15, -0.1) is 0 Å². The Morgan fingerprint density at radius 3 is 2.00 bits per heavy atom. The molecule has 0 fully saturated rings. The van der Waals surface area contributed by atoms with Crippen molar-refractivity contribution in [2.45, 2.75) is 51.4 Å². The van der Waals surface area contributed by atoms with Crippen LogP contribution in [0.5, 0.6) is 0 Å². The summed E-state index contributed by atoms with van der Waals surface area (Å²) in [6.45, 7) is 6.38. The van der Waals surface area contributed by atoms with E-state index < -0.39 is 5.60 Å². The lowest BCUT2D eigenvalue weighted by molar-refractivity contribution is 0.0173. The lowest BCUT2D eigenvalue weighted by Gasteiger charge is -2.40. The highest BCUT2D eigenvalue weighted by Crippen LogP contribution is 2.38. The second-order valence-electron chi connectivity index (χ2n) is 8.30. The smallest absolute Gasteiger partial charge is 0.127 e. The Morgan fingerprint density at radius 2 is 1.41 bits per heavy atom. The van der Waals surface area contributed by atoms with Crippen LogP contribution in [0.15, 0.2) is 84.9 Å². The van der Waals surface area contributed by atoms with Crippen molar-refractivity contribution < 1.29 is 9.50 Å². The zero-order valence-corrected chi connectivity index (χ0v) is 17.4. The molecule has 0 amide bonds. The first-order valence-corrected chi connectivity index (χ1v) is 10.2. The quantitative estimate of drug-likeness (QED) is 0.488. The van der Waals surface area contributed by atoms with Crippen LogP contribution in [-0.2, 0) is 6.54 Å².